The second kappa shape index (κ2) is 14.9. The first-order valence-corrected chi connectivity index (χ1v) is 11.0. The maximum absolute atomic E-state index is 14.8. The quantitative estimate of drug-likeness (QED) is 0.141. The summed E-state index contributed by atoms with van der Waals surface area (Å²) in [6.45, 7) is 9.26. The van der Waals surface area contributed by atoms with Gasteiger partial charge in [0.2, 0.25) is 0 Å². The van der Waals surface area contributed by atoms with Crippen molar-refractivity contribution in [3.63, 3.8) is 0 Å². The summed E-state index contributed by atoms with van der Waals surface area (Å²) in [5.74, 6) is 0.369. The van der Waals surface area contributed by atoms with Gasteiger partial charge < -0.3 is 16.0 Å². The number of nitrogens with two attached hydrogens (primary N) is 1. The third-order valence-electron chi connectivity index (χ3n) is 4.78. The highest BCUT2D eigenvalue weighted by atomic mass is 19.1. The Hall–Kier alpha value is -4.11. The molecule has 1 unspecified atom stereocenters. The molecule has 0 amide bonds. The molecule has 0 aliphatic carbocycles. The summed E-state index contributed by atoms with van der Waals surface area (Å²) in [6.07, 6.45) is 17.1. The Morgan fingerprint density at radius 2 is 1.88 bits per heavy atom. The highest BCUT2D eigenvalue weighted by Gasteiger charge is 2.21. The minimum absolute atomic E-state index is 0.00875. The zero-order valence-electron chi connectivity index (χ0n) is 20.1. The largest absolute Gasteiger partial charge is 0.384 e. The molecule has 0 aliphatic rings. The van der Waals surface area contributed by atoms with Gasteiger partial charge in [-0.05, 0) is 56.2 Å². The minimum Gasteiger partial charge on any atom is -0.384 e. The Labute approximate surface area is 202 Å². The van der Waals surface area contributed by atoms with Crippen LogP contribution in [0.1, 0.15) is 55.0 Å². The molecule has 0 spiro atoms. The molecule has 3 aromatic rings. The van der Waals surface area contributed by atoms with Crippen molar-refractivity contribution in [2.45, 2.75) is 39.7 Å². The maximum Gasteiger partial charge on any atom is 0.133 e. The molecule has 1 atom stereocenters. The number of aromatic amines is 1. The second-order valence-corrected chi connectivity index (χ2v) is 7.25. The standard InChI is InChI=1S/C23H26FN5.C3H6.C2H2/c1-3-5-6-18-14-27-23(29-18)21(19-13-15(4-2)7-12-20(19)24)28-17-10-8-16(9-11-17)22(25)26;1-3-2;1-2/h3,5,7-14,21,28H,4,6H2,1-2H3,(H3,25,26)(H,27,29);3H,1H2,2H3;1-2H/b5-3-;;. The Morgan fingerprint density at radius 1 is 1.24 bits per heavy atom. The number of hydrogen-bond donors (Lipinski definition) is 4. The van der Waals surface area contributed by atoms with E-state index in [0.29, 0.717) is 17.0 Å². The molecule has 3 rings (SSSR count). The molecule has 0 fully saturated rings. The third-order valence-corrected chi connectivity index (χ3v) is 4.78. The molecule has 1 heterocycles. The molecule has 0 bridgehead atoms. The van der Waals surface area contributed by atoms with E-state index in [1.807, 2.05) is 51.1 Å². The van der Waals surface area contributed by atoms with Crippen molar-refractivity contribution < 1.29 is 4.39 Å². The number of anilines is 1. The van der Waals surface area contributed by atoms with Gasteiger partial charge in [0.1, 0.15) is 23.5 Å². The zero-order valence-corrected chi connectivity index (χ0v) is 20.1. The lowest BCUT2D eigenvalue weighted by molar-refractivity contribution is 0.600. The van der Waals surface area contributed by atoms with E-state index >= 15 is 0 Å². The Bertz CT molecular complexity index is 1090. The summed E-state index contributed by atoms with van der Waals surface area (Å²) >= 11 is 0. The SMILES string of the molecule is C#C.C/C=C\Cc1cnc(C(Nc2ccc(C(=N)N)cc2)c2cc(CC)ccc2F)[nH]1.C=CC. The zero-order chi connectivity index (χ0) is 25.5. The van der Waals surface area contributed by atoms with Crippen LogP contribution in [0.3, 0.4) is 0 Å². The molecule has 0 saturated carbocycles. The number of amidine groups is 1. The molecule has 5 nitrogen and oxygen atoms in total. The predicted molar refractivity (Wildman–Crippen MR) is 142 cm³/mol. The van der Waals surface area contributed by atoms with Crippen molar-refractivity contribution in [2.24, 2.45) is 5.73 Å². The van der Waals surface area contributed by atoms with Crippen LogP contribution in [0.4, 0.5) is 10.1 Å². The number of hydrogen-bond acceptors (Lipinski definition) is 3. The molecular formula is C28H34FN5. The number of allylic oxidation sites excluding steroid dienone is 3. The van der Waals surface area contributed by atoms with Gasteiger partial charge in [0.25, 0.3) is 0 Å². The number of aromatic nitrogens is 2. The number of imidazole rings is 1. The van der Waals surface area contributed by atoms with Gasteiger partial charge in [-0.3, -0.25) is 5.41 Å². The van der Waals surface area contributed by atoms with Crippen molar-refractivity contribution >= 4 is 11.5 Å². The van der Waals surface area contributed by atoms with Gasteiger partial charge in [-0.2, -0.15) is 0 Å². The topological polar surface area (TPSA) is 90.6 Å². The number of H-pyrrole nitrogens is 1. The molecule has 34 heavy (non-hydrogen) atoms. The summed E-state index contributed by atoms with van der Waals surface area (Å²) in [5, 5.41) is 10.9. The number of benzene rings is 2. The van der Waals surface area contributed by atoms with Gasteiger partial charge >= 0.3 is 0 Å². The lowest BCUT2D eigenvalue weighted by atomic mass is 10.0. The maximum atomic E-state index is 14.8. The van der Waals surface area contributed by atoms with E-state index in [-0.39, 0.29) is 11.7 Å². The molecular weight excluding hydrogens is 425 g/mol. The monoisotopic (exact) mass is 459 g/mol. The van der Waals surface area contributed by atoms with Crippen LogP contribution < -0.4 is 11.1 Å². The Morgan fingerprint density at radius 3 is 2.44 bits per heavy atom. The number of nitrogens with one attached hydrogen (secondary N) is 3. The summed E-state index contributed by atoms with van der Waals surface area (Å²) in [4.78, 5) is 7.83. The fraction of sp³-hybridized carbons (Fsp3) is 0.214. The first-order valence-electron chi connectivity index (χ1n) is 11.0. The normalized spacial score (nSPS) is 10.9. The highest BCUT2D eigenvalue weighted by molar-refractivity contribution is 5.95. The fourth-order valence-electron chi connectivity index (χ4n) is 3.11. The summed E-state index contributed by atoms with van der Waals surface area (Å²) < 4.78 is 14.8. The number of nitrogens with zero attached hydrogens (tertiary/aromatic N) is 1. The van der Waals surface area contributed by atoms with Crippen molar-refractivity contribution in [1.29, 1.82) is 5.41 Å². The van der Waals surface area contributed by atoms with Gasteiger partial charge in [0.05, 0.1) is 0 Å². The van der Waals surface area contributed by atoms with Crippen LogP contribution in [-0.4, -0.2) is 15.8 Å². The van der Waals surface area contributed by atoms with E-state index < -0.39 is 6.04 Å². The summed E-state index contributed by atoms with van der Waals surface area (Å²) in [5.41, 5.74) is 9.51. The van der Waals surface area contributed by atoms with E-state index in [9.17, 15) is 4.39 Å². The van der Waals surface area contributed by atoms with Crippen molar-refractivity contribution in [3.05, 3.63) is 107 Å². The van der Waals surface area contributed by atoms with Crippen LogP contribution in [0.25, 0.3) is 0 Å². The Balaban J connectivity index is 0.00000107. The summed E-state index contributed by atoms with van der Waals surface area (Å²) in [7, 11) is 0. The second-order valence-electron chi connectivity index (χ2n) is 7.25. The smallest absolute Gasteiger partial charge is 0.133 e. The number of aryl methyl sites for hydroxylation is 1. The first-order chi connectivity index (χ1) is 16.4. The van der Waals surface area contributed by atoms with Crippen LogP contribution >= 0.6 is 0 Å². The number of nitrogen functional groups attached to an aromatic ring is 1. The average molecular weight is 460 g/mol. The molecule has 2 aromatic carbocycles. The minimum atomic E-state index is -0.482. The van der Waals surface area contributed by atoms with E-state index in [2.05, 4.69) is 34.7 Å². The van der Waals surface area contributed by atoms with E-state index in [0.717, 1.165) is 29.8 Å². The van der Waals surface area contributed by atoms with Crippen molar-refractivity contribution in [3.8, 4) is 12.8 Å². The molecule has 6 heteroatoms. The molecule has 0 aliphatic heterocycles. The van der Waals surface area contributed by atoms with Crippen LogP contribution in [-0.2, 0) is 12.8 Å². The lowest BCUT2D eigenvalue weighted by Crippen LogP contribution is -2.16. The van der Waals surface area contributed by atoms with E-state index in [1.54, 1.807) is 30.5 Å². The Kier molecular flexibility index (Phi) is 12.2. The number of halogens is 1. The molecule has 0 saturated heterocycles. The first kappa shape index (κ1) is 27.9. The summed E-state index contributed by atoms with van der Waals surface area (Å²) in [6, 6.07) is 11.9. The average Bonchev–Trinajstić information content (AvgIpc) is 3.32. The third kappa shape index (κ3) is 8.10. The van der Waals surface area contributed by atoms with E-state index in [4.69, 9.17) is 11.1 Å². The van der Waals surface area contributed by atoms with Gasteiger partial charge in [0.15, 0.2) is 0 Å². The van der Waals surface area contributed by atoms with Crippen molar-refractivity contribution in [2.75, 3.05) is 5.32 Å². The van der Waals surface area contributed by atoms with Gasteiger partial charge in [0, 0.05) is 35.1 Å². The van der Waals surface area contributed by atoms with Gasteiger partial charge in [-0.25, -0.2) is 9.37 Å². The molecule has 0 radical (unpaired) electrons. The predicted octanol–water partition coefficient (Wildman–Crippen LogP) is 6.16. The fourth-order valence-corrected chi connectivity index (χ4v) is 3.11. The van der Waals surface area contributed by atoms with Gasteiger partial charge in [-0.15, -0.1) is 19.4 Å². The van der Waals surface area contributed by atoms with Crippen LogP contribution in [0.2, 0.25) is 0 Å². The van der Waals surface area contributed by atoms with Crippen LogP contribution in [0.5, 0.6) is 0 Å². The van der Waals surface area contributed by atoms with Crippen LogP contribution in [0.15, 0.2) is 73.5 Å². The molecule has 178 valence electrons. The van der Waals surface area contributed by atoms with E-state index in [1.165, 1.54) is 6.07 Å². The number of rotatable bonds is 8. The van der Waals surface area contributed by atoms with Gasteiger partial charge in [-0.1, -0.05) is 37.3 Å². The lowest BCUT2D eigenvalue weighted by Gasteiger charge is -2.20. The highest BCUT2D eigenvalue weighted by Crippen LogP contribution is 2.28. The molecule has 1 aromatic heterocycles. The van der Waals surface area contributed by atoms with Crippen LogP contribution in [0, 0.1) is 24.1 Å². The molecule has 5 N–H and O–H groups in total. The van der Waals surface area contributed by atoms with Crippen molar-refractivity contribution in [1.82, 2.24) is 9.97 Å². The number of terminal acetylenes is 1.